The van der Waals surface area contributed by atoms with Gasteiger partial charge < -0.3 is 9.47 Å². The lowest BCUT2D eigenvalue weighted by molar-refractivity contribution is -0.131. The molecule has 1 amide bonds. The summed E-state index contributed by atoms with van der Waals surface area (Å²) < 4.78 is 15.7. The van der Waals surface area contributed by atoms with E-state index in [0.29, 0.717) is 19.1 Å². The maximum Gasteiger partial charge on any atom is 0.226 e. The van der Waals surface area contributed by atoms with Gasteiger partial charge >= 0.3 is 0 Å². The number of aryl methyl sites for hydroxylation is 1. The Morgan fingerprint density at radius 3 is 2.57 bits per heavy atom. The van der Waals surface area contributed by atoms with Gasteiger partial charge in [-0.05, 0) is 37.5 Å². The lowest BCUT2D eigenvalue weighted by Gasteiger charge is -2.34. The van der Waals surface area contributed by atoms with Crippen LogP contribution in [0.1, 0.15) is 30.1 Å². The molecule has 3 aromatic rings. The second-order valence-electron chi connectivity index (χ2n) is 7.38. The zero-order valence-electron chi connectivity index (χ0n) is 16.0. The number of carbonyl (C=O) groups is 1. The van der Waals surface area contributed by atoms with Crippen molar-refractivity contribution in [3.8, 4) is 11.4 Å². The molecule has 0 atom stereocenters. The monoisotopic (exact) mass is 377 g/mol. The second kappa shape index (κ2) is 7.97. The van der Waals surface area contributed by atoms with Crippen LogP contribution in [0.3, 0.4) is 0 Å². The predicted molar refractivity (Wildman–Crippen MR) is 107 cm³/mol. The average Bonchev–Trinajstić information content (AvgIpc) is 3.10. The molecule has 1 fully saturated rings. The van der Waals surface area contributed by atoms with Crippen molar-refractivity contribution in [2.75, 3.05) is 13.1 Å². The second-order valence-corrected chi connectivity index (χ2v) is 7.38. The Morgan fingerprint density at radius 1 is 1.11 bits per heavy atom. The Morgan fingerprint density at radius 2 is 1.86 bits per heavy atom. The molecule has 4 rings (SSSR count). The van der Waals surface area contributed by atoms with Gasteiger partial charge in [0, 0.05) is 36.6 Å². The normalized spacial score (nSPS) is 15.0. The van der Waals surface area contributed by atoms with E-state index < -0.39 is 0 Å². The quantitative estimate of drug-likeness (QED) is 0.676. The van der Waals surface area contributed by atoms with Gasteiger partial charge in [0.05, 0.1) is 6.42 Å². The van der Waals surface area contributed by atoms with Crippen LogP contribution in [0.5, 0.6) is 0 Å². The number of halogens is 1. The highest BCUT2D eigenvalue weighted by Crippen LogP contribution is 2.30. The highest BCUT2D eigenvalue weighted by atomic mass is 19.1. The maximum absolute atomic E-state index is 13.4. The van der Waals surface area contributed by atoms with E-state index in [2.05, 4.69) is 28.6 Å². The number of nitrogens with zero attached hydrogens (tertiary/aromatic N) is 3. The van der Waals surface area contributed by atoms with E-state index in [1.54, 1.807) is 12.1 Å². The Balaban J connectivity index is 1.44. The summed E-state index contributed by atoms with van der Waals surface area (Å²) >= 11 is 0. The zero-order chi connectivity index (χ0) is 19.5. The molecule has 5 heteroatoms. The molecule has 0 aliphatic carbocycles. The van der Waals surface area contributed by atoms with E-state index in [-0.39, 0.29) is 18.1 Å². The molecule has 0 unspecified atom stereocenters. The van der Waals surface area contributed by atoms with Gasteiger partial charge in [-0.1, -0.05) is 42.5 Å². The highest BCUT2D eigenvalue weighted by Gasteiger charge is 2.26. The first kappa shape index (κ1) is 18.4. The topological polar surface area (TPSA) is 38.1 Å². The Hall–Kier alpha value is -2.95. The minimum atomic E-state index is -0.298. The summed E-state index contributed by atoms with van der Waals surface area (Å²) in [6.45, 7) is 3.51. The predicted octanol–water partition coefficient (Wildman–Crippen LogP) is 4.40. The van der Waals surface area contributed by atoms with Crippen molar-refractivity contribution >= 4 is 5.91 Å². The molecule has 144 valence electrons. The molecule has 4 nitrogen and oxygen atoms in total. The van der Waals surface area contributed by atoms with Crippen molar-refractivity contribution in [3.63, 3.8) is 0 Å². The molecule has 28 heavy (non-hydrogen) atoms. The van der Waals surface area contributed by atoms with Crippen molar-refractivity contribution in [3.05, 3.63) is 77.9 Å². The van der Waals surface area contributed by atoms with Gasteiger partial charge in [0.1, 0.15) is 11.6 Å². The first-order chi connectivity index (χ1) is 13.6. The van der Waals surface area contributed by atoms with Gasteiger partial charge in [0.2, 0.25) is 5.91 Å². The number of amides is 1. The van der Waals surface area contributed by atoms with Gasteiger partial charge in [-0.25, -0.2) is 9.37 Å². The van der Waals surface area contributed by atoms with Crippen molar-refractivity contribution in [2.24, 2.45) is 0 Å². The number of hydrogen-bond donors (Lipinski definition) is 0. The SMILES string of the molecule is Cc1cnc(-c2ccccc2)n1C1CCN(C(=O)Cc2cccc(F)c2)CC1. The molecule has 0 radical (unpaired) electrons. The number of benzene rings is 2. The van der Waals surface area contributed by atoms with Crippen LogP contribution in [-0.2, 0) is 11.2 Å². The van der Waals surface area contributed by atoms with Gasteiger partial charge in [-0.2, -0.15) is 0 Å². The maximum atomic E-state index is 13.4. The number of hydrogen-bond acceptors (Lipinski definition) is 2. The Labute approximate surface area is 164 Å². The van der Waals surface area contributed by atoms with Gasteiger partial charge in [-0.15, -0.1) is 0 Å². The molecule has 0 spiro atoms. The largest absolute Gasteiger partial charge is 0.342 e. The minimum absolute atomic E-state index is 0.0645. The number of piperidine rings is 1. The van der Waals surface area contributed by atoms with Crippen molar-refractivity contribution < 1.29 is 9.18 Å². The van der Waals surface area contributed by atoms with E-state index in [4.69, 9.17) is 0 Å². The number of aromatic nitrogens is 2. The fraction of sp³-hybridized carbons (Fsp3) is 0.304. The van der Waals surface area contributed by atoms with E-state index >= 15 is 0 Å². The van der Waals surface area contributed by atoms with E-state index in [9.17, 15) is 9.18 Å². The van der Waals surface area contributed by atoms with Crippen molar-refractivity contribution in [2.45, 2.75) is 32.2 Å². The Bertz CT molecular complexity index is 959. The average molecular weight is 377 g/mol. The smallest absolute Gasteiger partial charge is 0.226 e. The fourth-order valence-electron chi connectivity index (χ4n) is 4.01. The number of imidazole rings is 1. The summed E-state index contributed by atoms with van der Waals surface area (Å²) in [6, 6.07) is 16.8. The lowest BCUT2D eigenvalue weighted by Crippen LogP contribution is -2.40. The van der Waals surface area contributed by atoms with Crippen LogP contribution in [0.2, 0.25) is 0 Å². The van der Waals surface area contributed by atoms with Crippen LogP contribution in [0.15, 0.2) is 60.8 Å². The summed E-state index contributed by atoms with van der Waals surface area (Å²) in [5.41, 5.74) is 2.98. The number of rotatable bonds is 4. The van der Waals surface area contributed by atoms with E-state index in [1.165, 1.54) is 12.1 Å². The molecule has 0 bridgehead atoms. The summed E-state index contributed by atoms with van der Waals surface area (Å²) in [5, 5.41) is 0. The third-order valence-corrected chi connectivity index (χ3v) is 5.44. The van der Waals surface area contributed by atoms with Gasteiger partial charge in [0.15, 0.2) is 0 Å². The molecule has 1 aromatic heterocycles. The molecule has 0 saturated carbocycles. The molecular formula is C23H24FN3O. The van der Waals surface area contributed by atoms with Crippen LogP contribution >= 0.6 is 0 Å². The van der Waals surface area contributed by atoms with Gasteiger partial charge in [0.25, 0.3) is 0 Å². The standard InChI is InChI=1S/C23H24FN3O/c1-17-16-25-23(19-7-3-2-4-8-19)27(17)21-10-12-26(13-11-21)22(28)15-18-6-5-9-20(24)14-18/h2-9,14,16,21H,10-13,15H2,1H3. The summed E-state index contributed by atoms with van der Waals surface area (Å²) in [4.78, 5) is 19.1. The molecule has 2 aromatic carbocycles. The fourth-order valence-corrected chi connectivity index (χ4v) is 4.01. The third kappa shape index (κ3) is 3.84. The van der Waals surface area contributed by atoms with Crippen LogP contribution in [0.4, 0.5) is 4.39 Å². The summed E-state index contributed by atoms with van der Waals surface area (Å²) in [7, 11) is 0. The molecule has 1 aliphatic heterocycles. The number of carbonyl (C=O) groups excluding carboxylic acids is 1. The zero-order valence-corrected chi connectivity index (χ0v) is 16.0. The molecule has 0 N–H and O–H groups in total. The lowest BCUT2D eigenvalue weighted by atomic mass is 10.0. The highest BCUT2D eigenvalue weighted by molar-refractivity contribution is 5.78. The van der Waals surface area contributed by atoms with Crippen LogP contribution < -0.4 is 0 Å². The van der Waals surface area contributed by atoms with E-state index in [0.717, 1.165) is 35.5 Å². The van der Waals surface area contributed by atoms with Crippen LogP contribution in [0, 0.1) is 12.7 Å². The van der Waals surface area contributed by atoms with Gasteiger partial charge in [-0.3, -0.25) is 4.79 Å². The van der Waals surface area contributed by atoms with Crippen molar-refractivity contribution in [1.29, 1.82) is 0 Å². The molecule has 1 aliphatic rings. The van der Waals surface area contributed by atoms with E-state index in [1.807, 2.05) is 29.3 Å². The number of likely N-dealkylation sites (tertiary alicyclic amines) is 1. The van der Waals surface area contributed by atoms with Crippen molar-refractivity contribution in [1.82, 2.24) is 14.5 Å². The molecule has 2 heterocycles. The van der Waals surface area contributed by atoms with Crippen LogP contribution in [0.25, 0.3) is 11.4 Å². The van der Waals surface area contributed by atoms with Crippen LogP contribution in [-0.4, -0.2) is 33.4 Å². The molecular weight excluding hydrogens is 353 g/mol. The first-order valence-electron chi connectivity index (χ1n) is 9.73. The Kier molecular flexibility index (Phi) is 5.24. The summed E-state index contributed by atoms with van der Waals surface area (Å²) in [6.07, 6.45) is 3.96. The third-order valence-electron chi connectivity index (χ3n) is 5.44. The molecule has 1 saturated heterocycles. The first-order valence-corrected chi connectivity index (χ1v) is 9.73. The minimum Gasteiger partial charge on any atom is -0.342 e. The summed E-state index contributed by atoms with van der Waals surface area (Å²) in [5.74, 6) is 0.755.